The predicted octanol–water partition coefficient (Wildman–Crippen LogP) is 4.30. The topological polar surface area (TPSA) is 25.8 Å². The molecule has 0 radical (unpaired) electrons. The van der Waals surface area contributed by atoms with Crippen LogP contribution in [0.2, 0.25) is 4.47 Å². The SMILES string of the molecule is CCC(CC)(c1ccccc1)c1nsc(Cl)n1. The lowest BCUT2D eigenvalue weighted by atomic mass is 9.75. The first-order chi connectivity index (χ1) is 8.23. The average molecular weight is 267 g/mol. The molecule has 4 heteroatoms. The Morgan fingerprint density at radius 1 is 1.18 bits per heavy atom. The smallest absolute Gasteiger partial charge is 0.203 e. The van der Waals surface area contributed by atoms with Crippen LogP contribution in [0.15, 0.2) is 30.3 Å². The lowest BCUT2D eigenvalue weighted by molar-refractivity contribution is 0.455. The van der Waals surface area contributed by atoms with Crippen molar-refractivity contribution < 1.29 is 0 Å². The van der Waals surface area contributed by atoms with Crippen LogP contribution in [0.3, 0.4) is 0 Å². The van der Waals surface area contributed by atoms with Crippen LogP contribution in [0.4, 0.5) is 0 Å². The summed E-state index contributed by atoms with van der Waals surface area (Å²) in [6.45, 7) is 4.34. The molecule has 2 nitrogen and oxygen atoms in total. The monoisotopic (exact) mass is 266 g/mol. The molecule has 0 aliphatic carbocycles. The Bertz CT molecular complexity index is 477. The molecule has 0 aliphatic rings. The van der Waals surface area contributed by atoms with E-state index in [1.54, 1.807) is 0 Å². The minimum absolute atomic E-state index is 0.106. The normalized spacial score (nSPS) is 11.7. The van der Waals surface area contributed by atoms with Gasteiger partial charge in [0.05, 0.1) is 5.41 Å². The molecule has 17 heavy (non-hydrogen) atoms. The summed E-state index contributed by atoms with van der Waals surface area (Å²) in [6.07, 6.45) is 1.95. The zero-order valence-electron chi connectivity index (χ0n) is 9.98. The minimum Gasteiger partial charge on any atom is -0.207 e. The summed E-state index contributed by atoms with van der Waals surface area (Å²) in [5.41, 5.74) is 1.16. The van der Waals surface area contributed by atoms with Crippen LogP contribution in [0.25, 0.3) is 0 Å². The summed E-state index contributed by atoms with van der Waals surface area (Å²) < 4.78 is 4.92. The average Bonchev–Trinajstić information content (AvgIpc) is 2.80. The third kappa shape index (κ3) is 2.22. The molecular formula is C13H15ClN2S. The van der Waals surface area contributed by atoms with Gasteiger partial charge < -0.3 is 0 Å². The molecule has 0 saturated heterocycles. The quantitative estimate of drug-likeness (QED) is 0.825. The van der Waals surface area contributed by atoms with Crippen molar-refractivity contribution in [1.29, 1.82) is 0 Å². The van der Waals surface area contributed by atoms with Crippen molar-refractivity contribution in [3.63, 3.8) is 0 Å². The maximum absolute atomic E-state index is 5.91. The highest BCUT2D eigenvalue weighted by Gasteiger charge is 2.34. The molecule has 0 fully saturated rings. The highest BCUT2D eigenvalue weighted by molar-refractivity contribution is 7.10. The van der Waals surface area contributed by atoms with Gasteiger partial charge in [0.25, 0.3) is 0 Å². The largest absolute Gasteiger partial charge is 0.207 e. The van der Waals surface area contributed by atoms with Gasteiger partial charge in [0.1, 0.15) is 0 Å². The Morgan fingerprint density at radius 3 is 2.29 bits per heavy atom. The number of hydrogen-bond acceptors (Lipinski definition) is 3. The third-order valence-corrected chi connectivity index (χ3v) is 4.16. The molecule has 0 N–H and O–H groups in total. The van der Waals surface area contributed by atoms with E-state index in [0.29, 0.717) is 4.47 Å². The van der Waals surface area contributed by atoms with Gasteiger partial charge in [-0.2, -0.15) is 4.37 Å². The Morgan fingerprint density at radius 2 is 1.82 bits per heavy atom. The molecule has 2 aromatic rings. The van der Waals surface area contributed by atoms with Crippen molar-refractivity contribution in [3.8, 4) is 0 Å². The summed E-state index contributed by atoms with van der Waals surface area (Å²) in [5.74, 6) is 0.851. The van der Waals surface area contributed by atoms with Crippen LogP contribution in [0, 0.1) is 0 Å². The van der Waals surface area contributed by atoms with E-state index in [-0.39, 0.29) is 5.41 Å². The molecule has 2 rings (SSSR count). The zero-order valence-corrected chi connectivity index (χ0v) is 11.6. The zero-order chi connectivity index (χ0) is 12.3. The Balaban J connectivity index is 2.53. The fraction of sp³-hybridized carbons (Fsp3) is 0.385. The molecular weight excluding hydrogens is 252 g/mol. The number of rotatable bonds is 4. The van der Waals surface area contributed by atoms with Gasteiger partial charge in [-0.25, -0.2) is 4.98 Å². The van der Waals surface area contributed by atoms with Gasteiger partial charge in [-0.1, -0.05) is 44.2 Å². The van der Waals surface area contributed by atoms with Crippen molar-refractivity contribution >= 4 is 23.1 Å². The highest BCUT2D eigenvalue weighted by Crippen LogP contribution is 2.37. The van der Waals surface area contributed by atoms with E-state index in [9.17, 15) is 0 Å². The Labute approximate surface area is 111 Å². The summed E-state index contributed by atoms with van der Waals surface area (Å²) in [7, 11) is 0. The molecule has 1 aromatic heterocycles. The summed E-state index contributed by atoms with van der Waals surface area (Å²) >= 11 is 7.17. The van der Waals surface area contributed by atoms with E-state index in [0.717, 1.165) is 18.7 Å². The highest BCUT2D eigenvalue weighted by atomic mass is 35.5. The second kappa shape index (κ2) is 5.15. The molecule has 0 aliphatic heterocycles. The van der Waals surface area contributed by atoms with Crippen LogP contribution in [0.1, 0.15) is 38.1 Å². The molecule has 0 atom stereocenters. The second-order valence-corrected chi connectivity index (χ2v) is 5.36. The van der Waals surface area contributed by atoms with E-state index in [1.165, 1.54) is 17.1 Å². The molecule has 0 bridgehead atoms. The number of nitrogens with zero attached hydrogens (tertiary/aromatic N) is 2. The number of halogens is 1. The standard InChI is InChI=1S/C13H15ClN2S/c1-3-13(4-2,10-8-6-5-7-9-10)11-15-12(14)17-16-11/h5-9H,3-4H2,1-2H3. The minimum atomic E-state index is -0.106. The molecule has 0 saturated carbocycles. The van der Waals surface area contributed by atoms with Crippen LogP contribution < -0.4 is 0 Å². The van der Waals surface area contributed by atoms with Crippen molar-refractivity contribution in [3.05, 3.63) is 46.2 Å². The van der Waals surface area contributed by atoms with E-state index < -0.39 is 0 Å². The molecule has 0 spiro atoms. The van der Waals surface area contributed by atoms with Crippen molar-refractivity contribution in [2.75, 3.05) is 0 Å². The third-order valence-electron chi connectivity index (χ3n) is 3.36. The van der Waals surface area contributed by atoms with Crippen LogP contribution in [-0.4, -0.2) is 9.36 Å². The Kier molecular flexibility index (Phi) is 3.79. The summed E-state index contributed by atoms with van der Waals surface area (Å²) in [5, 5.41) is 0. The van der Waals surface area contributed by atoms with E-state index in [2.05, 4.69) is 47.5 Å². The molecule has 1 heterocycles. The van der Waals surface area contributed by atoms with Gasteiger partial charge in [0, 0.05) is 0 Å². The van der Waals surface area contributed by atoms with Crippen molar-refractivity contribution in [1.82, 2.24) is 9.36 Å². The summed E-state index contributed by atoms with van der Waals surface area (Å²) in [6, 6.07) is 10.4. The maximum atomic E-state index is 5.91. The fourth-order valence-electron chi connectivity index (χ4n) is 2.26. The summed E-state index contributed by atoms with van der Waals surface area (Å²) in [4.78, 5) is 4.37. The van der Waals surface area contributed by atoms with Gasteiger partial charge in [0.15, 0.2) is 5.82 Å². The number of hydrogen-bond donors (Lipinski definition) is 0. The predicted molar refractivity (Wildman–Crippen MR) is 72.7 cm³/mol. The number of benzene rings is 1. The van der Waals surface area contributed by atoms with Gasteiger partial charge in [-0.05, 0) is 41.5 Å². The van der Waals surface area contributed by atoms with Crippen LogP contribution in [0.5, 0.6) is 0 Å². The first kappa shape index (κ1) is 12.5. The van der Waals surface area contributed by atoms with Crippen molar-refractivity contribution in [2.45, 2.75) is 32.1 Å². The molecule has 0 amide bonds. The fourth-order valence-corrected chi connectivity index (χ4v) is 2.95. The van der Waals surface area contributed by atoms with E-state index >= 15 is 0 Å². The van der Waals surface area contributed by atoms with Crippen molar-refractivity contribution in [2.24, 2.45) is 0 Å². The van der Waals surface area contributed by atoms with Gasteiger partial charge in [-0.15, -0.1) is 0 Å². The molecule has 90 valence electrons. The van der Waals surface area contributed by atoms with Crippen LogP contribution >= 0.6 is 23.1 Å². The first-order valence-corrected chi connectivity index (χ1v) is 6.93. The van der Waals surface area contributed by atoms with Crippen LogP contribution in [-0.2, 0) is 5.41 Å². The second-order valence-electron chi connectivity index (χ2n) is 4.03. The molecule has 1 aromatic carbocycles. The Hall–Kier alpha value is -0.930. The first-order valence-electron chi connectivity index (χ1n) is 5.78. The molecule has 0 unspecified atom stereocenters. The lowest BCUT2D eigenvalue weighted by Gasteiger charge is -2.29. The van der Waals surface area contributed by atoms with Gasteiger partial charge in [-0.3, -0.25) is 0 Å². The van der Waals surface area contributed by atoms with Gasteiger partial charge >= 0.3 is 0 Å². The van der Waals surface area contributed by atoms with E-state index in [1.807, 2.05) is 6.07 Å². The maximum Gasteiger partial charge on any atom is 0.203 e. The van der Waals surface area contributed by atoms with Gasteiger partial charge in [0.2, 0.25) is 4.47 Å². The number of aromatic nitrogens is 2. The van der Waals surface area contributed by atoms with E-state index in [4.69, 9.17) is 11.6 Å². The lowest BCUT2D eigenvalue weighted by Crippen LogP contribution is -2.27.